The summed E-state index contributed by atoms with van der Waals surface area (Å²) >= 11 is 0. The SMILES string of the molecule is COc1ccc(NC(=O)C2(C(F)(F)F)CCNC2)cc1C. The number of ether oxygens (including phenoxy) is 1. The molecule has 1 heterocycles. The van der Waals surface area contributed by atoms with Crippen LogP contribution in [0.5, 0.6) is 5.75 Å². The van der Waals surface area contributed by atoms with Gasteiger partial charge >= 0.3 is 6.18 Å². The van der Waals surface area contributed by atoms with Gasteiger partial charge in [-0.05, 0) is 43.7 Å². The fraction of sp³-hybridized carbons (Fsp3) is 0.500. The summed E-state index contributed by atoms with van der Waals surface area (Å²) in [7, 11) is 1.50. The Labute approximate surface area is 120 Å². The monoisotopic (exact) mass is 302 g/mol. The lowest BCUT2D eigenvalue weighted by atomic mass is 9.85. The Bertz CT molecular complexity index is 538. The first kappa shape index (κ1) is 15.6. The lowest BCUT2D eigenvalue weighted by Gasteiger charge is -2.29. The molecule has 0 saturated carbocycles. The molecule has 0 aliphatic carbocycles. The number of carbonyl (C=O) groups excluding carboxylic acids is 1. The molecular formula is C14H17F3N2O2. The minimum Gasteiger partial charge on any atom is -0.496 e. The van der Waals surface area contributed by atoms with Crippen molar-refractivity contribution in [1.29, 1.82) is 0 Å². The van der Waals surface area contributed by atoms with Crippen LogP contribution in [0.15, 0.2) is 18.2 Å². The minimum atomic E-state index is -4.58. The van der Waals surface area contributed by atoms with Crippen LogP contribution in [0, 0.1) is 12.3 Å². The fourth-order valence-corrected chi connectivity index (χ4v) is 2.46. The number of hydrogen-bond acceptors (Lipinski definition) is 3. The standard InChI is InChI=1S/C14H17F3N2O2/c1-9-7-10(3-4-11(9)21-2)19-12(20)13(14(15,16)17)5-6-18-8-13/h3-4,7,18H,5-6,8H2,1-2H3,(H,19,20). The lowest BCUT2D eigenvalue weighted by Crippen LogP contribution is -2.49. The van der Waals surface area contributed by atoms with Crippen LogP contribution in [-0.2, 0) is 4.79 Å². The molecule has 1 amide bonds. The van der Waals surface area contributed by atoms with Gasteiger partial charge in [0, 0.05) is 12.2 Å². The summed E-state index contributed by atoms with van der Waals surface area (Å²) in [4.78, 5) is 12.1. The van der Waals surface area contributed by atoms with E-state index in [1.807, 2.05) is 0 Å². The topological polar surface area (TPSA) is 50.4 Å². The maximum absolute atomic E-state index is 13.2. The Kier molecular flexibility index (Phi) is 4.13. The summed E-state index contributed by atoms with van der Waals surface area (Å²) in [5.41, 5.74) is -1.30. The van der Waals surface area contributed by atoms with Crippen molar-refractivity contribution in [2.45, 2.75) is 19.5 Å². The van der Waals surface area contributed by atoms with Crippen LogP contribution in [0.3, 0.4) is 0 Å². The second-order valence-corrected chi connectivity index (χ2v) is 5.15. The van der Waals surface area contributed by atoms with E-state index in [0.717, 1.165) is 5.56 Å². The van der Waals surface area contributed by atoms with E-state index in [-0.39, 0.29) is 13.0 Å². The Hall–Kier alpha value is -1.76. The number of halogens is 3. The van der Waals surface area contributed by atoms with E-state index in [1.165, 1.54) is 13.2 Å². The molecule has 1 saturated heterocycles. The van der Waals surface area contributed by atoms with Crippen LogP contribution >= 0.6 is 0 Å². The van der Waals surface area contributed by atoms with Gasteiger partial charge in [0.2, 0.25) is 5.91 Å². The van der Waals surface area contributed by atoms with Crippen LogP contribution in [0.1, 0.15) is 12.0 Å². The highest BCUT2D eigenvalue weighted by molar-refractivity contribution is 5.96. The average molecular weight is 302 g/mol. The number of rotatable bonds is 3. The van der Waals surface area contributed by atoms with E-state index >= 15 is 0 Å². The van der Waals surface area contributed by atoms with Crippen molar-refractivity contribution >= 4 is 11.6 Å². The summed E-state index contributed by atoms with van der Waals surface area (Å²) in [6.45, 7) is 1.54. The van der Waals surface area contributed by atoms with Crippen molar-refractivity contribution in [2.24, 2.45) is 5.41 Å². The molecule has 0 radical (unpaired) electrons. The smallest absolute Gasteiger partial charge is 0.404 e. The van der Waals surface area contributed by atoms with Gasteiger partial charge in [0.1, 0.15) is 5.75 Å². The molecule has 0 spiro atoms. The van der Waals surface area contributed by atoms with Crippen molar-refractivity contribution in [3.8, 4) is 5.75 Å². The van der Waals surface area contributed by atoms with E-state index in [1.54, 1.807) is 19.1 Å². The molecule has 21 heavy (non-hydrogen) atoms. The van der Waals surface area contributed by atoms with Crippen molar-refractivity contribution < 1.29 is 22.7 Å². The van der Waals surface area contributed by atoms with Gasteiger partial charge in [-0.15, -0.1) is 0 Å². The van der Waals surface area contributed by atoms with Crippen molar-refractivity contribution in [3.05, 3.63) is 23.8 Å². The molecule has 1 unspecified atom stereocenters. The van der Waals surface area contributed by atoms with E-state index in [4.69, 9.17) is 4.74 Å². The van der Waals surface area contributed by atoms with Gasteiger partial charge in [-0.25, -0.2) is 0 Å². The van der Waals surface area contributed by atoms with Crippen molar-refractivity contribution in [2.75, 3.05) is 25.5 Å². The zero-order valence-electron chi connectivity index (χ0n) is 11.8. The molecule has 1 aromatic rings. The largest absolute Gasteiger partial charge is 0.496 e. The van der Waals surface area contributed by atoms with Gasteiger partial charge in [0.05, 0.1) is 7.11 Å². The summed E-state index contributed by atoms with van der Waals surface area (Å²) < 4.78 is 44.8. The first-order valence-corrected chi connectivity index (χ1v) is 6.54. The molecule has 1 aromatic carbocycles. The Morgan fingerprint density at radius 1 is 1.43 bits per heavy atom. The van der Waals surface area contributed by atoms with Gasteiger partial charge in [-0.2, -0.15) is 13.2 Å². The quantitative estimate of drug-likeness (QED) is 0.902. The Balaban J connectivity index is 2.22. The highest BCUT2D eigenvalue weighted by atomic mass is 19.4. The maximum Gasteiger partial charge on any atom is 0.404 e. The minimum absolute atomic E-state index is 0.175. The molecule has 2 N–H and O–H groups in total. The number of methoxy groups -OCH3 is 1. The molecule has 2 rings (SSSR count). The molecule has 116 valence electrons. The van der Waals surface area contributed by atoms with E-state index in [2.05, 4.69) is 10.6 Å². The summed E-state index contributed by atoms with van der Waals surface area (Å²) in [5.74, 6) is -0.411. The predicted octanol–water partition coefficient (Wildman–Crippen LogP) is 2.48. The fourth-order valence-electron chi connectivity index (χ4n) is 2.46. The molecule has 0 bridgehead atoms. The zero-order valence-corrected chi connectivity index (χ0v) is 11.8. The molecule has 1 aliphatic heterocycles. The molecule has 1 fully saturated rings. The second-order valence-electron chi connectivity index (χ2n) is 5.15. The molecule has 1 aliphatic rings. The molecule has 0 aromatic heterocycles. The van der Waals surface area contributed by atoms with E-state index < -0.39 is 24.0 Å². The van der Waals surface area contributed by atoms with E-state index in [0.29, 0.717) is 11.4 Å². The number of alkyl halides is 3. The molecular weight excluding hydrogens is 285 g/mol. The molecule has 4 nitrogen and oxygen atoms in total. The molecule has 1 atom stereocenters. The predicted molar refractivity (Wildman–Crippen MR) is 72.3 cm³/mol. The summed E-state index contributed by atoms with van der Waals surface area (Å²) in [6, 6.07) is 4.72. The number of aryl methyl sites for hydroxylation is 1. The van der Waals surface area contributed by atoms with Gasteiger partial charge in [-0.3, -0.25) is 4.79 Å². The molecule has 7 heteroatoms. The number of nitrogens with one attached hydrogen (secondary N) is 2. The third kappa shape index (κ3) is 2.83. The van der Waals surface area contributed by atoms with Crippen LogP contribution < -0.4 is 15.4 Å². The van der Waals surface area contributed by atoms with Crippen LogP contribution in [0.25, 0.3) is 0 Å². The number of amides is 1. The van der Waals surface area contributed by atoms with E-state index in [9.17, 15) is 18.0 Å². The summed E-state index contributed by atoms with van der Waals surface area (Å²) in [5, 5.41) is 4.98. The number of benzene rings is 1. The second kappa shape index (κ2) is 5.55. The third-order valence-electron chi connectivity index (χ3n) is 3.79. The lowest BCUT2D eigenvalue weighted by molar-refractivity contribution is -0.213. The van der Waals surface area contributed by atoms with Crippen molar-refractivity contribution in [1.82, 2.24) is 5.32 Å². The summed E-state index contributed by atoms with van der Waals surface area (Å²) in [6.07, 6.45) is -4.83. The highest BCUT2D eigenvalue weighted by Crippen LogP contribution is 2.43. The highest BCUT2D eigenvalue weighted by Gasteiger charge is 2.61. The normalized spacial score (nSPS) is 22.1. The Morgan fingerprint density at radius 3 is 2.62 bits per heavy atom. The number of carbonyl (C=O) groups is 1. The van der Waals surface area contributed by atoms with Crippen LogP contribution in [0.2, 0.25) is 0 Å². The van der Waals surface area contributed by atoms with Gasteiger partial charge in [0.25, 0.3) is 0 Å². The zero-order chi connectivity index (χ0) is 15.7. The number of hydrogen-bond donors (Lipinski definition) is 2. The van der Waals surface area contributed by atoms with Crippen molar-refractivity contribution in [3.63, 3.8) is 0 Å². The third-order valence-corrected chi connectivity index (χ3v) is 3.79. The van der Waals surface area contributed by atoms with Crippen LogP contribution in [-0.4, -0.2) is 32.3 Å². The first-order chi connectivity index (χ1) is 9.80. The first-order valence-electron chi connectivity index (χ1n) is 6.54. The number of anilines is 1. The Morgan fingerprint density at radius 2 is 2.14 bits per heavy atom. The maximum atomic E-state index is 13.2. The van der Waals surface area contributed by atoms with Gasteiger partial charge < -0.3 is 15.4 Å². The average Bonchev–Trinajstić information content (AvgIpc) is 2.89. The van der Waals surface area contributed by atoms with Gasteiger partial charge in [0.15, 0.2) is 5.41 Å². The van der Waals surface area contributed by atoms with Crippen LogP contribution in [0.4, 0.5) is 18.9 Å². The van der Waals surface area contributed by atoms with Gasteiger partial charge in [-0.1, -0.05) is 0 Å².